The average Bonchev–Trinajstić information content (AvgIpc) is 2.12. The molecule has 58 valence electrons. The van der Waals surface area contributed by atoms with Crippen LogP contribution in [0.1, 0.15) is 6.42 Å². The molecule has 0 aliphatic carbocycles. The molecule has 0 saturated carbocycles. The van der Waals surface area contributed by atoms with E-state index in [4.69, 9.17) is 4.74 Å². The van der Waals surface area contributed by atoms with Crippen molar-refractivity contribution in [1.29, 1.82) is 0 Å². The minimum atomic E-state index is 0.308. The summed E-state index contributed by atoms with van der Waals surface area (Å²) < 4.78 is 5.33. The quantitative estimate of drug-likeness (QED) is 0.607. The van der Waals surface area contributed by atoms with Gasteiger partial charge in [-0.25, -0.2) is 0 Å². The van der Waals surface area contributed by atoms with E-state index < -0.39 is 0 Å². The van der Waals surface area contributed by atoms with Crippen LogP contribution in [0.25, 0.3) is 0 Å². The smallest absolute Gasteiger partial charge is 0.0994 e. The van der Waals surface area contributed by atoms with Crippen molar-refractivity contribution in [3.63, 3.8) is 0 Å². The molecule has 0 spiro atoms. The molecule has 0 amide bonds. The van der Waals surface area contributed by atoms with Gasteiger partial charge in [-0.3, -0.25) is 0 Å². The summed E-state index contributed by atoms with van der Waals surface area (Å²) in [5, 5.41) is 3.18. The Morgan fingerprint density at radius 2 is 2.27 bits per heavy atom. The van der Waals surface area contributed by atoms with Crippen LogP contribution in [0.4, 0.5) is 0 Å². The van der Waals surface area contributed by atoms with E-state index >= 15 is 0 Å². The van der Waals surface area contributed by atoms with E-state index in [1.54, 1.807) is 0 Å². The summed E-state index contributed by atoms with van der Waals surface area (Å²) in [5.41, 5.74) is 1.17. The summed E-state index contributed by atoms with van der Waals surface area (Å²) in [6.45, 7) is 0.900. The molecule has 1 saturated heterocycles. The maximum atomic E-state index is 5.33. The molecule has 1 unspecified atom stereocenters. The van der Waals surface area contributed by atoms with Gasteiger partial charge in [0.25, 0.3) is 0 Å². The molecular formula is C9H11NO. The predicted octanol–water partition coefficient (Wildman–Crippen LogP) is 1.33. The Morgan fingerprint density at radius 3 is 3.00 bits per heavy atom. The van der Waals surface area contributed by atoms with E-state index in [1.165, 1.54) is 5.70 Å². The van der Waals surface area contributed by atoms with Gasteiger partial charge in [-0.15, -0.1) is 0 Å². The fourth-order valence-corrected chi connectivity index (χ4v) is 1.15. The summed E-state index contributed by atoms with van der Waals surface area (Å²) in [6, 6.07) is 0. The first-order chi connectivity index (χ1) is 5.47. The number of rotatable bonds is 1. The van der Waals surface area contributed by atoms with Gasteiger partial charge in [0.1, 0.15) is 0 Å². The molecule has 0 radical (unpaired) electrons. The monoisotopic (exact) mass is 149 g/mol. The van der Waals surface area contributed by atoms with E-state index in [2.05, 4.69) is 11.4 Å². The fourth-order valence-electron chi connectivity index (χ4n) is 1.15. The van der Waals surface area contributed by atoms with E-state index in [0.717, 1.165) is 13.0 Å². The second-order valence-corrected chi connectivity index (χ2v) is 2.66. The van der Waals surface area contributed by atoms with Crippen LogP contribution in [0.3, 0.4) is 0 Å². The standard InChI is InChI=1S/C9H11NO/c1-2-4-8(10-6-3-1)9-5-7-11-9/h1-4,6,9-10H,5,7H2. The lowest BCUT2D eigenvalue weighted by Crippen LogP contribution is -2.33. The van der Waals surface area contributed by atoms with E-state index in [9.17, 15) is 0 Å². The summed E-state index contributed by atoms with van der Waals surface area (Å²) >= 11 is 0. The first kappa shape index (κ1) is 6.68. The molecule has 2 aliphatic heterocycles. The number of hydrogen-bond acceptors (Lipinski definition) is 2. The van der Waals surface area contributed by atoms with Crippen LogP contribution in [0.2, 0.25) is 0 Å². The molecule has 2 heterocycles. The molecule has 0 aromatic carbocycles. The zero-order valence-corrected chi connectivity index (χ0v) is 6.29. The molecule has 0 aromatic rings. The molecule has 2 nitrogen and oxygen atoms in total. The number of allylic oxidation sites excluding steroid dienone is 4. The highest BCUT2D eigenvalue weighted by molar-refractivity contribution is 5.24. The Kier molecular flexibility index (Phi) is 1.78. The van der Waals surface area contributed by atoms with Crippen molar-refractivity contribution in [2.24, 2.45) is 0 Å². The summed E-state index contributed by atoms with van der Waals surface area (Å²) in [5.74, 6) is 0. The van der Waals surface area contributed by atoms with Crippen molar-refractivity contribution >= 4 is 0 Å². The van der Waals surface area contributed by atoms with Crippen molar-refractivity contribution in [2.75, 3.05) is 6.61 Å². The van der Waals surface area contributed by atoms with Crippen molar-refractivity contribution in [1.82, 2.24) is 5.32 Å². The van der Waals surface area contributed by atoms with Gasteiger partial charge in [-0.1, -0.05) is 12.2 Å². The summed E-state index contributed by atoms with van der Waals surface area (Å²) in [4.78, 5) is 0. The minimum Gasteiger partial charge on any atom is -0.372 e. The third kappa shape index (κ3) is 1.35. The lowest BCUT2D eigenvalue weighted by atomic mass is 10.1. The Balaban J connectivity index is 2.06. The molecule has 1 atom stereocenters. The minimum absolute atomic E-state index is 0.308. The molecule has 2 heteroatoms. The van der Waals surface area contributed by atoms with E-state index in [1.807, 2.05) is 24.4 Å². The van der Waals surface area contributed by atoms with Crippen molar-refractivity contribution in [2.45, 2.75) is 12.5 Å². The van der Waals surface area contributed by atoms with Crippen LogP contribution in [0.5, 0.6) is 0 Å². The zero-order chi connectivity index (χ0) is 7.52. The van der Waals surface area contributed by atoms with E-state index in [0.29, 0.717) is 6.10 Å². The molecule has 1 N–H and O–H groups in total. The van der Waals surface area contributed by atoms with Gasteiger partial charge in [-0.2, -0.15) is 0 Å². The first-order valence-electron chi connectivity index (χ1n) is 3.88. The van der Waals surface area contributed by atoms with Crippen molar-refractivity contribution in [3.05, 3.63) is 36.2 Å². The molecule has 0 bridgehead atoms. The first-order valence-corrected chi connectivity index (χ1v) is 3.88. The van der Waals surface area contributed by atoms with Gasteiger partial charge >= 0.3 is 0 Å². The highest BCUT2D eigenvalue weighted by Crippen LogP contribution is 2.18. The summed E-state index contributed by atoms with van der Waals surface area (Å²) in [6.07, 6.45) is 11.4. The predicted molar refractivity (Wildman–Crippen MR) is 43.9 cm³/mol. The number of hydrogen-bond donors (Lipinski definition) is 1. The third-order valence-corrected chi connectivity index (χ3v) is 1.89. The molecule has 1 fully saturated rings. The van der Waals surface area contributed by atoms with Crippen molar-refractivity contribution < 1.29 is 4.74 Å². The van der Waals surface area contributed by atoms with Gasteiger partial charge in [-0.05, 0) is 12.2 Å². The second-order valence-electron chi connectivity index (χ2n) is 2.66. The Morgan fingerprint density at radius 1 is 1.36 bits per heavy atom. The second kappa shape index (κ2) is 2.93. The highest BCUT2D eigenvalue weighted by Gasteiger charge is 2.21. The van der Waals surface area contributed by atoms with Crippen molar-refractivity contribution in [3.8, 4) is 0 Å². The normalized spacial score (nSPS) is 28.4. The van der Waals surface area contributed by atoms with Crippen LogP contribution in [0, 0.1) is 0 Å². The topological polar surface area (TPSA) is 21.3 Å². The Bertz CT molecular complexity index is 224. The molecule has 2 aliphatic rings. The average molecular weight is 149 g/mol. The third-order valence-electron chi connectivity index (χ3n) is 1.89. The lowest BCUT2D eigenvalue weighted by Gasteiger charge is -2.28. The van der Waals surface area contributed by atoms with Gasteiger partial charge in [0.05, 0.1) is 12.7 Å². The molecular weight excluding hydrogens is 138 g/mol. The van der Waals surface area contributed by atoms with Crippen LogP contribution in [-0.2, 0) is 4.74 Å². The molecule has 0 aromatic heterocycles. The maximum Gasteiger partial charge on any atom is 0.0994 e. The van der Waals surface area contributed by atoms with Crippen LogP contribution in [0.15, 0.2) is 36.2 Å². The van der Waals surface area contributed by atoms with Gasteiger partial charge in [0.2, 0.25) is 0 Å². The zero-order valence-electron chi connectivity index (χ0n) is 6.29. The van der Waals surface area contributed by atoms with Gasteiger partial charge in [0.15, 0.2) is 0 Å². The van der Waals surface area contributed by atoms with Gasteiger partial charge < -0.3 is 10.1 Å². The number of nitrogens with one attached hydrogen (secondary N) is 1. The Labute approximate surface area is 66.2 Å². The number of ether oxygens (including phenoxy) is 1. The highest BCUT2D eigenvalue weighted by atomic mass is 16.5. The summed E-state index contributed by atoms with van der Waals surface area (Å²) in [7, 11) is 0. The molecule has 11 heavy (non-hydrogen) atoms. The fraction of sp³-hybridized carbons (Fsp3) is 0.333. The SMILES string of the molecule is C1=CC=C(C2CCO2)NC=C1. The molecule has 2 rings (SSSR count). The van der Waals surface area contributed by atoms with Crippen LogP contribution >= 0.6 is 0 Å². The van der Waals surface area contributed by atoms with Crippen LogP contribution < -0.4 is 5.32 Å². The van der Waals surface area contributed by atoms with E-state index in [-0.39, 0.29) is 0 Å². The van der Waals surface area contributed by atoms with Crippen LogP contribution in [-0.4, -0.2) is 12.7 Å². The Hall–Kier alpha value is -1.02. The van der Waals surface area contributed by atoms with Gasteiger partial charge in [0, 0.05) is 18.3 Å². The maximum absolute atomic E-state index is 5.33. The largest absolute Gasteiger partial charge is 0.372 e. The lowest BCUT2D eigenvalue weighted by molar-refractivity contribution is -0.0287.